The molecule has 0 aromatic rings. The summed E-state index contributed by atoms with van der Waals surface area (Å²) >= 11 is 0. The maximum absolute atomic E-state index is 11.7. The van der Waals surface area contributed by atoms with Crippen LogP contribution in [-0.4, -0.2) is 43.5 Å². The minimum absolute atomic E-state index is 0.186. The van der Waals surface area contributed by atoms with Crippen molar-refractivity contribution in [3.8, 4) is 0 Å². The Balaban J connectivity index is 4.24. The Bertz CT molecular complexity index is 315. The molecular weight excluding hydrogens is 240 g/mol. The van der Waals surface area contributed by atoms with Crippen LogP contribution in [0.25, 0.3) is 0 Å². The Hall–Kier alpha value is -0.0200. The third-order valence-corrected chi connectivity index (χ3v) is 5.73. The summed E-state index contributed by atoms with van der Waals surface area (Å²) in [7, 11) is -6.80. The molecule has 0 spiro atoms. The molecule has 15 heavy (non-hydrogen) atoms. The van der Waals surface area contributed by atoms with Crippen molar-refractivity contribution in [3.05, 3.63) is 0 Å². The highest BCUT2D eigenvalue weighted by Crippen LogP contribution is 2.10. The molecule has 0 aliphatic rings. The van der Waals surface area contributed by atoms with Crippen molar-refractivity contribution < 1.29 is 16.3 Å². The Morgan fingerprint density at radius 3 is 2.20 bits per heavy atom. The predicted molar refractivity (Wildman–Crippen MR) is 62.5 cm³/mol. The van der Waals surface area contributed by atoms with Crippen molar-refractivity contribution in [2.24, 2.45) is 11.5 Å². The van der Waals surface area contributed by atoms with Crippen LogP contribution in [0.1, 0.15) is 12.8 Å². The molecule has 0 saturated heterocycles. The standard InChI is InChI=1S/C7H20N2O4S2/c1-14(10,6-2-4-8)13-15(11,12)7-3-5-9/h14H,2-9H2,1H3. The van der Waals surface area contributed by atoms with Gasteiger partial charge in [0.05, 0.1) is 5.75 Å². The summed E-state index contributed by atoms with van der Waals surface area (Å²) in [5.74, 6) is -0.00465. The average Bonchev–Trinajstić information content (AvgIpc) is 2.10. The molecule has 0 heterocycles. The molecule has 0 aromatic heterocycles. The Morgan fingerprint density at radius 2 is 1.73 bits per heavy atom. The highest BCUT2D eigenvalue weighted by Gasteiger charge is 2.16. The molecule has 0 radical (unpaired) electrons. The summed E-state index contributed by atoms with van der Waals surface area (Å²) in [5.41, 5.74) is 10.4. The van der Waals surface area contributed by atoms with Crippen LogP contribution in [0.4, 0.5) is 0 Å². The molecule has 0 atom stereocenters. The maximum Gasteiger partial charge on any atom is 0.284 e. The summed E-state index contributed by atoms with van der Waals surface area (Å²) in [6.07, 6.45) is 2.10. The first-order valence-corrected chi connectivity index (χ1v) is 8.57. The van der Waals surface area contributed by atoms with Gasteiger partial charge in [-0.3, -0.25) is 0 Å². The average molecular weight is 260 g/mol. The van der Waals surface area contributed by atoms with Crippen molar-refractivity contribution in [2.75, 3.05) is 30.9 Å². The molecule has 0 aliphatic heterocycles. The molecule has 0 rings (SSSR count). The van der Waals surface area contributed by atoms with E-state index in [1.165, 1.54) is 6.26 Å². The van der Waals surface area contributed by atoms with E-state index in [-0.39, 0.29) is 18.1 Å². The second-order valence-electron chi connectivity index (χ2n) is 3.36. The minimum atomic E-state index is -3.72. The molecule has 0 saturated carbocycles. The molecule has 94 valence electrons. The Kier molecular flexibility index (Phi) is 6.53. The monoisotopic (exact) mass is 260 g/mol. The van der Waals surface area contributed by atoms with Crippen LogP contribution in [0.15, 0.2) is 0 Å². The summed E-state index contributed by atoms with van der Waals surface area (Å²) in [6.45, 7) is 0.628. The van der Waals surface area contributed by atoms with Crippen LogP contribution in [0.5, 0.6) is 0 Å². The van der Waals surface area contributed by atoms with E-state index in [0.29, 0.717) is 19.4 Å². The van der Waals surface area contributed by atoms with Gasteiger partial charge in [0.2, 0.25) is 0 Å². The van der Waals surface area contributed by atoms with E-state index < -0.39 is 20.3 Å². The molecule has 0 fully saturated rings. The van der Waals surface area contributed by atoms with Gasteiger partial charge >= 0.3 is 0 Å². The van der Waals surface area contributed by atoms with Crippen LogP contribution in [0, 0.1) is 0 Å². The largest absolute Gasteiger partial charge is 0.330 e. The number of thiol groups is 1. The van der Waals surface area contributed by atoms with Gasteiger partial charge in [-0.25, -0.2) is 4.21 Å². The highest BCUT2D eigenvalue weighted by molar-refractivity contribution is 8.06. The number of hydrogen-bond donors (Lipinski definition) is 3. The number of rotatable bonds is 8. The minimum Gasteiger partial charge on any atom is -0.330 e. The van der Waals surface area contributed by atoms with Crippen molar-refractivity contribution in [1.29, 1.82) is 0 Å². The molecule has 6 nitrogen and oxygen atoms in total. The van der Waals surface area contributed by atoms with E-state index in [4.69, 9.17) is 11.5 Å². The van der Waals surface area contributed by atoms with E-state index in [2.05, 4.69) is 3.63 Å². The van der Waals surface area contributed by atoms with E-state index in [0.717, 1.165) is 0 Å². The second kappa shape index (κ2) is 6.54. The first kappa shape index (κ1) is 15.0. The quantitative estimate of drug-likeness (QED) is 0.462. The molecule has 4 N–H and O–H groups in total. The third-order valence-electron chi connectivity index (χ3n) is 1.64. The van der Waals surface area contributed by atoms with Gasteiger partial charge in [-0.15, -0.1) is 0 Å². The molecule has 0 unspecified atom stereocenters. The molecular formula is C7H20N2O4S2. The zero-order chi connectivity index (χ0) is 11.9. The van der Waals surface area contributed by atoms with Gasteiger partial charge in [0.25, 0.3) is 10.1 Å². The van der Waals surface area contributed by atoms with Crippen molar-refractivity contribution >= 4 is 20.3 Å². The fourth-order valence-corrected chi connectivity index (χ4v) is 4.75. The predicted octanol–water partition coefficient (Wildman–Crippen LogP) is -1.41. The summed E-state index contributed by atoms with van der Waals surface area (Å²) in [4.78, 5) is 0. The third kappa shape index (κ3) is 7.86. The van der Waals surface area contributed by atoms with Gasteiger partial charge in [-0.1, -0.05) is 0 Å². The topological polar surface area (TPSA) is 112 Å². The second-order valence-corrected chi connectivity index (χ2v) is 7.95. The first-order chi connectivity index (χ1) is 6.83. The molecule has 0 bridgehead atoms. The SMILES string of the molecule is C[SH](=O)(CCCN)OS(=O)(=O)CCCN. The van der Waals surface area contributed by atoms with Crippen LogP contribution in [0.3, 0.4) is 0 Å². The van der Waals surface area contributed by atoms with Crippen LogP contribution in [0.2, 0.25) is 0 Å². The fourth-order valence-electron chi connectivity index (χ4n) is 0.953. The molecule has 8 heteroatoms. The molecule has 0 aliphatic carbocycles. The van der Waals surface area contributed by atoms with Gasteiger partial charge in [0.15, 0.2) is 0 Å². The Labute approximate surface area is 92.1 Å². The lowest BCUT2D eigenvalue weighted by molar-refractivity contribution is 0.488. The summed E-state index contributed by atoms with van der Waals surface area (Å²) < 4.78 is 38.9. The highest BCUT2D eigenvalue weighted by atomic mass is 32.3. The smallest absolute Gasteiger partial charge is 0.284 e. The Morgan fingerprint density at radius 1 is 1.20 bits per heavy atom. The van der Waals surface area contributed by atoms with E-state index in [9.17, 15) is 12.6 Å². The zero-order valence-electron chi connectivity index (χ0n) is 8.89. The van der Waals surface area contributed by atoms with Gasteiger partial charge < -0.3 is 11.5 Å². The van der Waals surface area contributed by atoms with Crippen LogP contribution in [-0.2, 0) is 24.0 Å². The van der Waals surface area contributed by atoms with Crippen LogP contribution < -0.4 is 11.5 Å². The normalized spacial score (nSPS) is 14.1. The lowest BCUT2D eigenvalue weighted by atomic mass is 10.5. The molecule has 0 aromatic carbocycles. The fraction of sp³-hybridized carbons (Fsp3) is 1.00. The van der Waals surface area contributed by atoms with E-state index in [1.54, 1.807) is 0 Å². The summed E-state index contributed by atoms with van der Waals surface area (Å²) in [6, 6.07) is 0. The lowest BCUT2D eigenvalue weighted by Gasteiger charge is -2.22. The van der Waals surface area contributed by atoms with E-state index >= 15 is 0 Å². The number of hydrogen-bond acceptors (Lipinski definition) is 6. The lowest BCUT2D eigenvalue weighted by Crippen LogP contribution is -2.26. The summed E-state index contributed by atoms with van der Waals surface area (Å²) in [5, 5.41) is 0. The van der Waals surface area contributed by atoms with Gasteiger partial charge in [0, 0.05) is 12.0 Å². The first-order valence-electron chi connectivity index (χ1n) is 4.73. The zero-order valence-corrected chi connectivity index (χ0v) is 10.6. The maximum atomic E-state index is 11.7. The van der Waals surface area contributed by atoms with Crippen molar-refractivity contribution in [2.45, 2.75) is 12.8 Å². The van der Waals surface area contributed by atoms with Gasteiger partial charge in [-0.2, -0.15) is 22.3 Å². The van der Waals surface area contributed by atoms with Crippen molar-refractivity contribution in [3.63, 3.8) is 0 Å². The molecule has 0 amide bonds. The van der Waals surface area contributed by atoms with E-state index in [1.807, 2.05) is 0 Å². The van der Waals surface area contributed by atoms with Gasteiger partial charge in [-0.05, 0) is 25.9 Å². The van der Waals surface area contributed by atoms with Gasteiger partial charge in [0.1, 0.15) is 0 Å². The van der Waals surface area contributed by atoms with Crippen molar-refractivity contribution in [1.82, 2.24) is 0 Å². The number of nitrogens with two attached hydrogens (primary N) is 2. The van der Waals surface area contributed by atoms with Crippen LogP contribution >= 0.6 is 0 Å².